The lowest BCUT2D eigenvalue weighted by Gasteiger charge is -2.41. The van der Waals surface area contributed by atoms with E-state index in [-0.39, 0.29) is 0 Å². The van der Waals surface area contributed by atoms with Crippen molar-refractivity contribution < 1.29 is 9.84 Å². The number of piperidine rings is 1. The number of ether oxygens (including phenoxy) is 1. The average molecular weight is 332 g/mol. The molecule has 2 saturated heterocycles. The lowest BCUT2D eigenvalue weighted by molar-refractivity contribution is 0.0115. The van der Waals surface area contributed by atoms with E-state index in [1.807, 2.05) is 13.8 Å². The standard InChI is InChI=1S/C20H32N2O2/c1-4-16-5-6-17(20(2,3)23)15-19(16)22-9-7-18(8-10-22)21-11-13-24-14-12-21/h5-6,15,18,23H,4,7-14H2,1-3H3. The minimum absolute atomic E-state index is 0.702. The van der Waals surface area contributed by atoms with E-state index in [2.05, 4.69) is 34.9 Å². The molecule has 1 aromatic carbocycles. The van der Waals surface area contributed by atoms with Crippen LogP contribution in [0, 0.1) is 0 Å². The average Bonchev–Trinajstić information content (AvgIpc) is 2.61. The first-order valence-electron chi connectivity index (χ1n) is 9.41. The minimum Gasteiger partial charge on any atom is -0.386 e. The van der Waals surface area contributed by atoms with Gasteiger partial charge < -0.3 is 14.7 Å². The van der Waals surface area contributed by atoms with Gasteiger partial charge in [-0.2, -0.15) is 0 Å². The normalized spacial score (nSPS) is 21.2. The first-order valence-corrected chi connectivity index (χ1v) is 9.41. The maximum atomic E-state index is 10.4. The van der Waals surface area contributed by atoms with Crippen LogP contribution in [0.2, 0.25) is 0 Å². The first-order chi connectivity index (χ1) is 11.5. The number of hydrogen-bond donors (Lipinski definition) is 1. The maximum Gasteiger partial charge on any atom is 0.0841 e. The summed E-state index contributed by atoms with van der Waals surface area (Å²) in [7, 11) is 0. The number of aliphatic hydroxyl groups is 1. The van der Waals surface area contributed by atoms with E-state index in [4.69, 9.17) is 4.74 Å². The molecule has 2 aliphatic rings. The van der Waals surface area contributed by atoms with Crippen LogP contribution < -0.4 is 4.90 Å². The second-order valence-corrected chi connectivity index (χ2v) is 7.62. The molecule has 0 bridgehead atoms. The highest BCUT2D eigenvalue weighted by atomic mass is 16.5. The molecule has 0 spiro atoms. The van der Waals surface area contributed by atoms with Crippen LogP contribution in [-0.4, -0.2) is 55.4 Å². The van der Waals surface area contributed by atoms with Gasteiger partial charge in [0.15, 0.2) is 0 Å². The number of anilines is 1. The highest BCUT2D eigenvalue weighted by molar-refractivity contribution is 5.56. The topological polar surface area (TPSA) is 35.9 Å². The largest absolute Gasteiger partial charge is 0.386 e. The second kappa shape index (κ2) is 7.42. The molecule has 1 aromatic rings. The van der Waals surface area contributed by atoms with Crippen molar-refractivity contribution in [2.45, 2.75) is 51.7 Å². The molecule has 2 heterocycles. The van der Waals surface area contributed by atoms with Crippen LogP contribution in [0.5, 0.6) is 0 Å². The minimum atomic E-state index is -0.785. The van der Waals surface area contributed by atoms with Gasteiger partial charge in [0.2, 0.25) is 0 Å². The number of nitrogens with zero attached hydrogens (tertiary/aromatic N) is 2. The molecule has 24 heavy (non-hydrogen) atoms. The van der Waals surface area contributed by atoms with Gasteiger partial charge in [-0.05, 0) is 50.3 Å². The molecular formula is C20H32N2O2. The van der Waals surface area contributed by atoms with Crippen LogP contribution >= 0.6 is 0 Å². The molecule has 2 aliphatic heterocycles. The summed E-state index contributed by atoms with van der Waals surface area (Å²) in [5.74, 6) is 0. The number of morpholine rings is 1. The molecule has 0 atom stereocenters. The van der Waals surface area contributed by atoms with E-state index in [1.165, 1.54) is 24.1 Å². The zero-order valence-electron chi connectivity index (χ0n) is 15.4. The van der Waals surface area contributed by atoms with Gasteiger partial charge in [0.25, 0.3) is 0 Å². The van der Waals surface area contributed by atoms with Crippen molar-refractivity contribution in [2.75, 3.05) is 44.3 Å². The van der Waals surface area contributed by atoms with Crippen LogP contribution in [-0.2, 0) is 16.8 Å². The van der Waals surface area contributed by atoms with Gasteiger partial charge in [-0.25, -0.2) is 0 Å². The van der Waals surface area contributed by atoms with Crippen LogP contribution in [0.3, 0.4) is 0 Å². The quantitative estimate of drug-likeness (QED) is 0.920. The van der Waals surface area contributed by atoms with E-state index < -0.39 is 5.60 Å². The van der Waals surface area contributed by atoms with E-state index in [1.54, 1.807) is 0 Å². The molecule has 0 amide bonds. The summed E-state index contributed by atoms with van der Waals surface area (Å²) >= 11 is 0. The lowest BCUT2D eigenvalue weighted by Crippen LogP contribution is -2.49. The van der Waals surface area contributed by atoms with Crippen molar-refractivity contribution in [3.63, 3.8) is 0 Å². The Morgan fingerprint density at radius 3 is 2.38 bits per heavy atom. The van der Waals surface area contributed by atoms with Gasteiger partial charge in [0.1, 0.15) is 0 Å². The molecule has 4 nitrogen and oxygen atoms in total. The molecule has 1 N–H and O–H groups in total. The SMILES string of the molecule is CCc1ccc(C(C)(C)O)cc1N1CCC(N2CCOCC2)CC1. The Bertz CT molecular complexity index is 539. The highest BCUT2D eigenvalue weighted by Gasteiger charge is 2.27. The van der Waals surface area contributed by atoms with Crippen molar-refractivity contribution in [3.05, 3.63) is 29.3 Å². The van der Waals surface area contributed by atoms with Crippen LogP contribution in [0.25, 0.3) is 0 Å². The zero-order valence-corrected chi connectivity index (χ0v) is 15.4. The summed E-state index contributed by atoms with van der Waals surface area (Å²) in [4.78, 5) is 5.12. The maximum absolute atomic E-state index is 10.4. The third-order valence-electron chi connectivity index (χ3n) is 5.54. The second-order valence-electron chi connectivity index (χ2n) is 7.62. The van der Waals surface area contributed by atoms with Gasteiger partial charge in [0, 0.05) is 37.9 Å². The number of rotatable bonds is 4. The van der Waals surface area contributed by atoms with Crippen molar-refractivity contribution in [1.29, 1.82) is 0 Å². The summed E-state index contributed by atoms with van der Waals surface area (Å²) in [6.45, 7) is 12.1. The fourth-order valence-corrected chi connectivity index (χ4v) is 3.95. The molecule has 0 radical (unpaired) electrons. The molecule has 2 fully saturated rings. The Balaban J connectivity index is 1.71. The number of benzene rings is 1. The van der Waals surface area contributed by atoms with E-state index >= 15 is 0 Å². The molecule has 0 saturated carbocycles. The van der Waals surface area contributed by atoms with Crippen molar-refractivity contribution in [3.8, 4) is 0 Å². The fraction of sp³-hybridized carbons (Fsp3) is 0.700. The summed E-state index contributed by atoms with van der Waals surface area (Å²) in [6.07, 6.45) is 3.47. The molecular weight excluding hydrogens is 300 g/mol. The van der Waals surface area contributed by atoms with Crippen molar-refractivity contribution in [2.24, 2.45) is 0 Å². The van der Waals surface area contributed by atoms with Gasteiger partial charge >= 0.3 is 0 Å². The third-order valence-corrected chi connectivity index (χ3v) is 5.54. The molecule has 0 aromatic heterocycles. The smallest absolute Gasteiger partial charge is 0.0841 e. The molecule has 3 rings (SSSR count). The Labute approximate surface area is 146 Å². The molecule has 0 unspecified atom stereocenters. The first kappa shape index (κ1) is 17.7. The van der Waals surface area contributed by atoms with Gasteiger partial charge in [-0.15, -0.1) is 0 Å². The zero-order chi connectivity index (χ0) is 17.2. The molecule has 0 aliphatic carbocycles. The van der Waals surface area contributed by atoms with Gasteiger partial charge in [-0.1, -0.05) is 19.1 Å². The van der Waals surface area contributed by atoms with Crippen LogP contribution in [0.1, 0.15) is 44.7 Å². The summed E-state index contributed by atoms with van der Waals surface area (Å²) < 4.78 is 5.48. The van der Waals surface area contributed by atoms with Crippen molar-refractivity contribution in [1.82, 2.24) is 4.90 Å². The van der Waals surface area contributed by atoms with Crippen LogP contribution in [0.4, 0.5) is 5.69 Å². The van der Waals surface area contributed by atoms with Gasteiger partial charge in [0.05, 0.1) is 18.8 Å². The predicted octanol–water partition coefficient (Wildman–Crippen LogP) is 2.78. The fourth-order valence-electron chi connectivity index (χ4n) is 3.95. The Morgan fingerprint density at radius 1 is 1.12 bits per heavy atom. The number of aryl methyl sites for hydroxylation is 1. The summed E-state index contributed by atoms with van der Waals surface area (Å²) in [5.41, 5.74) is 2.92. The monoisotopic (exact) mass is 332 g/mol. The summed E-state index contributed by atoms with van der Waals surface area (Å²) in [5, 5.41) is 10.4. The Kier molecular flexibility index (Phi) is 5.48. The predicted molar refractivity (Wildman–Crippen MR) is 98.7 cm³/mol. The van der Waals surface area contributed by atoms with Crippen molar-refractivity contribution >= 4 is 5.69 Å². The summed E-state index contributed by atoms with van der Waals surface area (Å²) in [6, 6.07) is 7.17. The van der Waals surface area contributed by atoms with E-state index in [0.29, 0.717) is 6.04 Å². The Morgan fingerprint density at radius 2 is 1.79 bits per heavy atom. The van der Waals surface area contributed by atoms with Gasteiger partial charge in [-0.3, -0.25) is 4.90 Å². The molecule has 134 valence electrons. The van der Waals surface area contributed by atoms with E-state index in [9.17, 15) is 5.11 Å². The number of hydrogen-bond acceptors (Lipinski definition) is 4. The Hall–Kier alpha value is -1.10. The third kappa shape index (κ3) is 3.93. The molecule has 4 heteroatoms. The highest BCUT2D eigenvalue weighted by Crippen LogP contribution is 2.31. The lowest BCUT2D eigenvalue weighted by atomic mass is 9.94. The van der Waals surface area contributed by atoms with Crippen LogP contribution in [0.15, 0.2) is 18.2 Å². The van der Waals surface area contributed by atoms with E-state index in [0.717, 1.165) is 51.4 Å².